The molecule has 0 radical (unpaired) electrons. The molecule has 0 aromatic carbocycles. The summed E-state index contributed by atoms with van der Waals surface area (Å²) in [4.78, 5) is 1.19. The topological polar surface area (TPSA) is 0 Å². The van der Waals surface area contributed by atoms with E-state index in [0.717, 1.165) is 0 Å². The Morgan fingerprint density at radius 1 is 1.50 bits per heavy atom. The van der Waals surface area contributed by atoms with Crippen LogP contribution in [0.25, 0.3) is 0 Å². The van der Waals surface area contributed by atoms with E-state index < -0.39 is 0 Å². The van der Waals surface area contributed by atoms with Crippen molar-refractivity contribution < 1.29 is 0 Å². The maximum Gasteiger partial charge on any atom is 0.0326 e. The fourth-order valence-corrected chi connectivity index (χ4v) is 1.90. The average molecular weight is 154 g/mol. The summed E-state index contributed by atoms with van der Waals surface area (Å²) >= 11 is 1.87. The van der Waals surface area contributed by atoms with E-state index >= 15 is 0 Å². The van der Waals surface area contributed by atoms with E-state index in [0.29, 0.717) is 10.7 Å². The molecule has 1 unspecified atom stereocenters. The zero-order valence-electron chi connectivity index (χ0n) is 6.85. The summed E-state index contributed by atoms with van der Waals surface area (Å²) in [5.41, 5.74) is 0.376. The Labute approximate surface area is 67.4 Å². The van der Waals surface area contributed by atoms with Crippen LogP contribution in [0.3, 0.4) is 0 Å². The first kappa shape index (κ1) is 7.93. The summed E-state index contributed by atoms with van der Waals surface area (Å²) in [6.45, 7) is 10.7. The largest absolute Gasteiger partial charge is 0.119 e. The molecule has 10 heavy (non-hydrogen) atoms. The molecule has 0 N–H and O–H groups in total. The quantitative estimate of drug-likeness (QED) is 0.516. The summed E-state index contributed by atoms with van der Waals surface area (Å²) in [5.74, 6) is 0. The Morgan fingerprint density at radius 3 is 2.30 bits per heavy atom. The van der Waals surface area contributed by atoms with Gasteiger partial charge < -0.3 is 0 Å². The summed E-state index contributed by atoms with van der Waals surface area (Å²) in [6.07, 6.45) is 4.35. The minimum atomic E-state index is 0.376. The lowest BCUT2D eigenvalue weighted by Gasteiger charge is -2.24. The highest BCUT2D eigenvalue weighted by molar-refractivity contribution is 8.04. The lowest BCUT2D eigenvalue weighted by atomic mass is 9.92. The third kappa shape index (κ3) is 1.66. The average Bonchev–Trinajstić information content (AvgIpc) is 2.11. The number of hydrogen-bond acceptors (Lipinski definition) is 1. The van der Waals surface area contributed by atoms with Crippen LogP contribution in [0.5, 0.6) is 0 Å². The third-order valence-electron chi connectivity index (χ3n) is 1.59. The number of thioether (sulfide) groups is 1. The van der Waals surface area contributed by atoms with Crippen LogP contribution < -0.4 is 0 Å². The van der Waals surface area contributed by atoms with Gasteiger partial charge >= 0.3 is 0 Å². The van der Waals surface area contributed by atoms with Gasteiger partial charge in [-0.05, 0) is 5.41 Å². The minimum Gasteiger partial charge on any atom is -0.119 e. The molecule has 1 heteroatoms. The molecule has 0 bridgehead atoms. The van der Waals surface area contributed by atoms with E-state index in [4.69, 9.17) is 0 Å². The van der Waals surface area contributed by atoms with E-state index in [1.807, 2.05) is 11.8 Å². The molecular formula is C9H14S. The van der Waals surface area contributed by atoms with Gasteiger partial charge in [0, 0.05) is 10.2 Å². The van der Waals surface area contributed by atoms with Gasteiger partial charge in [-0.3, -0.25) is 0 Å². The standard InChI is InChI=1S/C9H14S/c1-7-5-6-8(10-7)9(2,3)4/h5-6,8H,1H2,2-4H3. The Kier molecular flexibility index (Phi) is 1.95. The monoisotopic (exact) mass is 154 g/mol. The van der Waals surface area contributed by atoms with E-state index in [9.17, 15) is 0 Å². The first-order chi connectivity index (χ1) is 4.50. The van der Waals surface area contributed by atoms with E-state index in [-0.39, 0.29) is 0 Å². The molecule has 1 aliphatic heterocycles. The van der Waals surface area contributed by atoms with Crippen molar-refractivity contribution in [2.75, 3.05) is 0 Å². The lowest BCUT2D eigenvalue weighted by Crippen LogP contribution is -2.18. The molecule has 1 rings (SSSR count). The van der Waals surface area contributed by atoms with Crippen molar-refractivity contribution in [1.82, 2.24) is 0 Å². The molecule has 0 amide bonds. The second-order valence-electron chi connectivity index (χ2n) is 3.73. The zero-order valence-corrected chi connectivity index (χ0v) is 7.66. The predicted octanol–water partition coefficient (Wildman–Crippen LogP) is 3.22. The van der Waals surface area contributed by atoms with Crippen LogP contribution in [-0.4, -0.2) is 5.25 Å². The highest BCUT2D eigenvalue weighted by Crippen LogP contribution is 2.39. The summed E-state index contributed by atoms with van der Waals surface area (Å²) < 4.78 is 0. The first-order valence-corrected chi connectivity index (χ1v) is 4.42. The normalized spacial score (nSPS) is 25.9. The molecular weight excluding hydrogens is 140 g/mol. The van der Waals surface area contributed by atoms with Gasteiger partial charge in [0.1, 0.15) is 0 Å². The van der Waals surface area contributed by atoms with Gasteiger partial charge in [-0.2, -0.15) is 0 Å². The van der Waals surface area contributed by atoms with Gasteiger partial charge in [-0.15, -0.1) is 11.8 Å². The van der Waals surface area contributed by atoms with Crippen molar-refractivity contribution in [2.24, 2.45) is 5.41 Å². The highest BCUT2D eigenvalue weighted by Gasteiger charge is 2.25. The molecule has 0 aromatic rings. The molecule has 56 valence electrons. The van der Waals surface area contributed by atoms with Gasteiger partial charge in [-0.1, -0.05) is 39.5 Å². The second-order valence-corrected chi connectivity index (χ2v) is 5.00. The second kappa shape index (κ2) is 2.46. The van der Waals surface area contributed by atoms with Gasteiger partial charge in [0.05, 0.1) is 0 Å². The van der Waals surface area contributed by atoms with E-state index in [1.54, 1.807) is 0 Å². The molecule has 0 spiro atoms. The molecule has 0 aliphatic carbocycles. The third-order valence-corrected chi connectivity index (χ3v) is 3.15. The van der Waals surface area contributed by atoms with E-state index in [1.165, 1.54) is 4.91 Å². The van der Waals surface area contributed by atoms with Crippen molar-refractivity contribution in [1.29, 1.82) is 0 Å². The minimum absolute atomic E-state index is 0.376. The smallest absolute Gasteiger partial charge is 0.0326 e. The number of hydrogen-bond donors (Lipinski definition) is 0. The van der Waals surface area contributed by atoms with Gasteiger partial charge in [0.25, 0.3) is 0 Å². The van der Waals surface area contributed by atoms with Gasteiger partial charge in [0.15, 0.2) is 0 Å². The molecule has 0 saturated heterocycles. The highest BCUT2D eigenvalue weighted by atomic mass is 32.2. The van der Waals surface area contributed by atoms with Crippen LogP contribution in [0.2, 0.25) is 0 Å². The van der Waals surface area contributed by atoms with E-state index in [2.05, 4.69) is 39.5 Å². The summed E-state index contributed by atoms with van der Waals surface area (Å²) in [5, 5.41) is 0.625. The van der Waals surface area contributed by atoms with Crippen molar-refractivity contribution >= 4 is 11.8 Å². The predicted molar refractivity (Wildman–Crippen MR) is 49.1 cm³/mol. The molecule has 1 atom stereocenters. The number of allylic oxidation sites excluding steroid dienone is 1. The van der Waals surface area contributed by atoms with Gasteiger partial charge in [-0.25, -0.2) is 0 Å². The Bertz CT molecular complexity index is 172. The molecule has 0 fully saturated rings. The fourth-order valence-electron chi connectivity index (χ4n) is 0.902. The Hall–Kier alpha value is -0.170. The molecule has 0 aromatic heterocycles. The van der Waals surface area contributed by atoms with Crippen molar-refractivity contribution in [2.45, 2.75) is 26.0 Å². The molecule has 0 saturated carbocycles. The first-order valence-electron chi connectivity index (χ1n) is 3.54. The van der Waals surface area contributed by atoms with Crippen molar-refractivity contribution in [3.8, 4) is 0 Å². The SMILES string of the molecule is C=C1C=CC(C(C)(C)C)S1. The van der Waals surface area contributed by atoms with Crippen LogP contribution >= 0.6 is 11.8 Å². The Balaban J connectivity index is 2.63. The van der Waals surface area contributed by atoms with Crippen LogP contribution in [0.1, 0.15) is 20.8 Å². The van der Waals surface area contributed by atoms with Crippen LogP contribution in [-0.2, 0) is 0 Å². The van der Waals surface area contributed by atoms with Crippen LogP contribution in [0.15, 0.2) is 23.6 Å². The Morgan fingerprint density at radius 2 is 2.10 bits per heavy atom. The molecule has 1 heterocycles. The molecule has 0 nitrogen and oxygen atoms in total. The zero-order chi connectivity index (χ0) is 7.78. The number of rotatable bonds is 0. The maximum atomic E-state index is 3.89. The van der Waals surface area contributed by atoms with Crippen molar-refractivity contribution in [3.05, 3.63) is 23.6 Å². The summed E-state index contributed by atoms with van der Waals surface area (Å²) in [7, 11) is 0. The maximum absolute atomic E-state index is 3.89. The molecule has 1 aliphatic rings. The van der Waals surface area contributed by atoms with Crippen LogP contribution in [0.4, 0.5) is 0 Å². The van der Waals surface area contributed by atoms with Crippen molar-refractivity contribution in [3.63, 3.8) is 0 Å². The van der Waals surface area contributed by atoms with Gasteiger partial charge in [0.2, 0.25) is 0 Å². The lowest BCUT2D eigenvalue weighted by molar-refractivity contribution is 0.434. The van der Waals surface area contributed by atoms with Crippen LogP contribution in [0, 0.1) is 5.41 Å². The fraction of sp³-hybridized carbons (Fsp3) is 0.556. The summed E-state index contributed by atoms with van der Waals surface area (Å²) in [6, 6.07) is 0.